The van der Waals surface area contributed by atoms with Gasteiger partial charge < -0.3 is 10.3 Å². The van der Waals surface area contributed by atoms with Crippen LogP contribution in [-0.2, 0) is 6.54 Å². The Bertz CT molecular complexity index is 410. The summed E-state index contributed by atoms with van der Waals surface area (Å²) in [7, 11) is 0. The summed E-state index contributed by atoms with van der Waals surface area (Å²) in [5.74, 6) is 0. The van der Waals surface area contributed by atoms with Crippen molar-refractivity contribution in [3.8, 4) is 0 Å². The topological polar surface area (TPSA) is 40.2 Å². The van der Waals surface area contributed by atoms with Gasteiger partial charge in [-0.25, -0.2) is 0 Å². The normalized spacial score (nSPS) is 15.5. The maximum atomic E-state index is 3.70. The molecule has 0 saturated carbocycles. The van der Waals surface area contributed by atoms with E-state index in [1.165, 1.54) is 16.8 Å². The lowest BCUT2D eigenvalue weighted by Gasteiger charge is -2.17. The van der Waals surface area contributed by atoms with Crippen molar-refractivity contribution in [2.75, 3.05) is 0 Å². The second kappa shape index (κ2) is 3.54. The molecule has 0 fully saturated rings. The van der Waals surface area contributed by atoms with E-state index in [1.807, 2.05) is 12.3 Å². The molecule has 1 aromatic rings. The number of aliphatic imine (C=N–C) groups is 1. The van der Waals surface area contributed by atoms with Gasteiger partial charge in [0, 0.05) is 29.4 Å². The zero-order valence-electron chi connectivity index (χ0n) is 8.17. The van der Waals surface area contributed by atoms with Gasteiger partial charge in [0.05, 0.1) is 6.54 Å². The van der Waals surface area contributed by atoms with Crippen LogP contribution >= 0.6 is 0 Å². The van der Waals surface area contributed by atoms with Crippen molar-refractivity contribution >= 4 is 12.3 Å². The van der Waals surface area contributed by atoms with E-state index in [-0.39, 0.29) is 0 Å². The molecule has 72 valence electrons. The first kappa shape index (κ1) is 8.81. The van der Waals surface area contributed by atoms with Gasteiger partial charge in [-0.3, -0.25) is 4.99 Å². The van der Waals surface area contributed by atoms with E-state index in [0.29, 0.717) is 0 Å². The van der Waals surface area contributed by atoms with E-state index in [9.17, 15) is 0 Å². The molecule has 0 bridgehead atoms. The Morgan fingerprint density at radius 2 is 2.43 bits per heavy atom. The fourth-order valence-electron chi connectivity index (χ4n) is 1.67. The zero-order valence-corrected chi connectivity index (χ0v) is 8.17. The Morgan fingerprint density at radius 3 is 3.21 bits per heavy atom. The van der Waals surface area contributed by atoms with Gasteiger partial charge in [0.1, 0.15) is 0 Å². The minimum Gasteiger partial charge on any atom is -0.379 e. The van der Waals surface area contributed by atoms with Gasteiger partial charge >= 0.3 is 0 Å². The molecule has 2 heterocycles. The summed E-state index contributed by atoms with van der Waals surface area (Å²) in [6, 6.07) is 2.10. The van der Waals surface area contributed by atoms with Crippen LogP contribution in [0.1, 0.15) is 18.2 Å². The van der Waals surface area contributed by atoms with Crippen LogP contribution < -0.4 is 5.32 Å². The highest BCUT2D eigenvalue weighted by Crippen LogP contribution is 2.25. The van der Waals surface area contributed by atoms with Crippen LogP contribution in [0.5, 0.6) is 0 Å². The van der Waals surface area contributed by atoms with E-state index >= 15 is 0 Å². The number of hydrogen-bond donors (Lipinski definition) is 2. The molecule has 1 aliphatic heterocycles. The number of aromatic nitrogens is 1. The van der Waals surface area contributed by atoms with E-state index in [1.54, 1.807) is 6.20 Å². The van der Waals surface area contributed by atoms with Crippen molar-refractivity contribution in [1.82, 2.24) is 10.3 Å². The third-order valence-electron chi connectivity index (χ3n) is 2.44. The summed E-state index contributed by atoms with van der Waals surface area (Å²) in [5.41, 5.74) is 4.88. The Kier molecular flexibility index (Phi) is 2.23. The summed E-state index contributed by atoms with van der Waals surface area (Å²) in [6.45, 7) is 6.35. The summed E-state index contributed by atoms with van der Waals surface area (Å²) >= 11 is 0. The molecule has 0 atom stereocenters. The van der Waals surface area contributed by atoms with E-state index in [0.717, 1.165) is 12.2 Å². The van der Waals surface area contributed by atoms with Crippen molar-refractivity contribution in [1.29, 1.82) is 0 Å². The van der Waals surface area contributed by atoms with Crippen LogP contribution in [0, 0.1) is 0 Å². The fraction of sp³-hybridized carbons (Fsp3) is 0.182. The molecule has 0 saturated heterocycles. The smallest absolute Gasteiger partial charge is 0.0557 e. The number of nitrogens with zero attached hydrogens (tertiary/aromatic N) is 1. The largest absolute Gasteiger partial charge is 0.379 e. The number of rotatable bonds is 2. The maximum Gasteiger partial charge on any atom is 0.0557 e. The minimum absolute atomic E-state index is 0.844. The van der Waals surface area contributed by atoms with E-state index in [4.69, 9.17) is 0 Å². The lowest BCUT2D eigenvalue weighted by atomic mass is 10.0. The lowest BCUT2D eigenvalue weighted by Crippen LogP contribution is -2.18. The zero-order chi connectivity index (χ0) is 9.97. The highest BCUT2D eigenvalue weighted by Gasteiger charge is 2.13. The first-order valence-electron chi connectivity index (χ1n) is 4.56. The second-order valence-electron chi connectivity index (χ2n) is 3.26. The summed E-state index contributed by atoms with van der Waals surface area (Å²) in [6.07, 6.45) is 5.61. The third-order valence-corrected chi connectivity index (χ3v) is 2.44. The Hall–Kier alpha value is -1.77. The number of H-pyrrole nitrogens is 1. The monoisotopic (exact) mass is 187 g/mol. The average Bonchev–Trinajstić information content (AvgIpc) is 2.66. The summed E-state index contributed by atoms with van der Waals surface area (Å²) in [5, 5.41) is 3.32. The first-order chi connectivity index (χ1) is 6.83. The molecule has 2 rings (SSSR count). The number of nitrogens with one attached hydrogen (secondary N) is 2. The molecule has 0 aliphatic carbocycles. The van der Waals surface area contributed by atoms with Crippen LogP contribution in [0.2, 0.25) is 0 Å². The summed E-state index contributed by atoms with van der Waals surface area (Å²) < 4.78 is 0. The standard InChI is InChI=1S/C11H13N3/c1-8-9-3-6-13-11(9)7-14-10(8)4-5-12-2/h3-6,13-14H,2,7H2,1H3/b5-4-. The van der Waals surface area contributed by atoms with Crippen LogP contribution in [0.25, 0.3) is 5.57 Å². The molecular weight excluding hydrogens is 174 g/mol. The molecule has 1 aliphatic rings. The number of allylic oxidation sites excluding steroid dienone is 2. The van der Waals surface area contributed by atoms with E-state index in [2.05, 4.69) is 35.0 Å². The predicted octanol–water partition coefficient (Wildman–Crippen LogP) is 2.06. The first-order valence-corrected chi connectivity index (χ1v) is 4.56. The fourth-order valence-corrected chi connectivity index (χ4v) is 1.67. The lowest BCUT2D eigenvalue weighted by molar-refractivity contribution is 0.794. The quantitative estimate of drug-likeness (QED) is 0.683. The summed E-state index contributed by atoms with van der Waals surface area (Å²) in [4.78, 5) is 6.90. The van der Waals surface area contributed by atoms with Crippen molar-refractivity contribution in [2.24, 2.45) is 4.99 Å². The van der Waals surface area contributed by atoms with Crippen molar-refractivity contribution < 1.29 is 0 Å². The Balaban J connectivity index is 2.40. The van der Waals surface area contributed by atoms with Crippen LogP contribution in [-0.4, -0.2) is 11.7 Å². The van der Waals surface area contributed by atoms with Gasteiger partial charge in [-0.1, -0.05) is 0 Å². The molecule has 0 unspecified atom stereocenters. The highest BCUT2D eigenvalue weighted by atomic mass is 14.9. The van der Waals surface area contributed by atoms with Crippen LogP contribution in [0.3, 0.4) is 0 Å². The third kappa shape index (κ3) is 1.37. The van der Waals surface area contributed by atoms with Gasteiger partial charge in [0.2, 0.25) is 0 Å². The van der Waals surface area contributed by atoms with Crippen molar-refractivity contribution in [3.63, 3.8) is 0 Å². The molecular formula is C11H13N3. The minimum atomic E-state index is 0.844. The molecule has 3 heteroatoms. The molecule has 1 aromatic heterocycles. The molecule has 0 aromatic carbocycles. The molecule has 3 nitrogen and oxygen atoms in total. The van der Waals surface area contributed by atoms with Gasteiger partial charge in [-0.15, -0.1) is 0 Å². The molecule has 0 amide bonds. The number of aromatic amines is 1. The van der Waals surface area contributed by atoms with Crippen molar-refractivity contribution in [3.05, 3.63) is 41.5 Å². The highest BCUT2D eigenvalue weighted by molar-refractivity contribution is 5.72. The second-order valence-corrected chi connectivity index (χ2v) is 3.26. The molecule has 14 heavy (non-hydrogen) atoms. The molecule has 0 spiro atoms. The van der Waals surface area contributed by atoms with E-state index < -0.39 is 0 Å². The number of fused-ring (bicyclic) bond motifs is 1. The average molecular weight is 187 g/mol. The van der Waals surface area contributed by atoms with Gasteiger partial charge in [0.25, 0.3) is 0 Å². The van der Waals surface area contributed by atoms with Gasteiger partial charge in [0.15, 0.2) is 0 Å². The molecule has 0 radical (unpaired) electrons. The SMILES string of the molecule is C=N/C=C\C1=C(C)c2cc[nH]c2CN1. The Morgan fingerprint density at radius 1 is 1.57 bits per heavy atom. The maximum absolute atomic E-state index is 3.70. The Labute approximate surface area is 83.3 Å². The number of hydrogen-bond acceptors (Lipinski definition) is 2. The van der Waals surface area contributed by atoms with Crippen LogP contribution in [0.4, 0.5) is 0 Å². The van der Waals surface area contributed by atoms with Gasteiger partial charge in [-0.2, -0.15) is 0 Å². The predicted molar refractivity (Wildman–Crippen MR) is 58.9 cm³/mol. The molecule has 2 N–H and O–H groups in total. The van der Waals surface area contributed by atoms with Gasteiger partial charge in [-0.05, 0) is 31.4 Å². The van der Waals surface area contributed by atoms with Crippen molar-refractivity contribution in [2.45, 2.75) is 13.5 Å². The van der Waals surface area contributed by atoms with Crippen LogP contribution in [0.15, 0.2) is 35.2 Å².